The fraction of sp³-hybridized carbons (Fsp3) is 0.750. The molecule has 0 bridgehead atoms. The van der Waals surface area contributed by atoms with Crippen molar-refractivity contribution in [1.29, 1.82) is 0 Å². The number of aryl methyl sites for hydroxylation is 1. The van der Waals surface area contributed by atoms with Crippen molar-refractivity contribution in [2.45, 2.75) is 46.5 Å². The smallest absolute Gasteiger partial charge is 0.169 e. The van der Waals surface area contributed by atoms with Crippen molar-refractivity contribution in [2.24, 2.45) is 0 Å². The van der Waals surface area contributed by atoms with E-state index in [9.17, 15) is 0 Å². The van der Waals surface area contributed by atoms with Gasteiger partial charge in [0.05, 0.1) is 5.69 Å². The number of aromatic amines is 1. The molecule has 16 heavy (non-hydrogen) atoms. The number of rotatable bonds is 7. The van der Waals surface area contributed by atoms with Gasteiger partial charge in [-0.2, -0.15) is 5.10 Å². The maximum absolute atomic E-state index is 6.23. The number of anilines is 1. The summed E-state index contributed by atoms with van der Waals surface area (Å²) in [7, 11) is 0. The van der Waals surface area contributed by atoms with Gasteiger partial charge in [0.15, 0.2) is 5.82 Å². The van der Waals surface area contributed by atoms with Gasteiger partial charge in [0.25, 0.3) is 0 Å². The summed E-state index contributed by atoms with van der Waals surface area (Å²) in [5.74, 6) is 0.918. The summed E-state index contributed by atoms with van der Waals surface area (Å²) in [5, 5.41) is 8.01. The molecule has 0 atom stereocenters. The zero-order valence-electron chi connectivity index (χ0n) is 10.5. The highest BCUT2D eigenvalue weighted by Gasteiger charge is 2.14. The minimum absolute atomic E-state index is 0.771. The van der Waals surface area contributed by atoms with Gasteiger partial charge in [-0.1, -0.05) is 38.3 Å². The lowest BCUT2D eigenvalue weighted by Crippen LogP contribution is -2.26. The van der Waals surface area contributed by atoms with Crippen molar-refractivity contribution in [3.8, 4) is 0 Å². The molecule has 3 nitrogen and oxygen atoms in total. The van der Waals surface area contributed by atoms with E-state index in [-0.39, 0.29) is 0 Å². The lowest BCUT2D eigenvalue weighted by atomic mass is 10.2. The van der Waals surface area contributed by atoms with Crippen LogP contribution in [0, 0.1) is 6.92 Å². The number of halogens is 1. The molecular weight excluding hydrogens is 222 g/mol. The largest absolute Gasteiger partial charge is 0.354 e. The minimum atomic E-state index is 0.771. The standard InChI is InChI=1S/C12H22ClN3/c1-4-6-8-16(9-7-5-2)12-11(13)10(3)14-15-12/h4-9H2,1-3H3,(H,14,15). The molecular formula is C12H22ClN3. The Morgan fingerprint density at radius 3 is 2.12 bits per heavy atom. The molecule has 0 spiro atoms. The molecule has 0 fully saturated rings. The van der Waals surface area contributed by atoms with Crippen LogP contribution in [-0.2, 0) is 0 Å². The Morgan fingerprint density at radius 1 is 1.19 bits per heavy atom. The Morgan fingerprint density at radius 2 is 1.75 bits per heavy atom. The molecule has 0 radical (unpaired) electrons. The van der Waals surface area contributed by atoms with Gasteiger partial charge in [0.1, 0.15) is 5.02 Å². The lowest BCUT2D eigenvalue weighted by molar-refractivity contribution is 0.670. The summed E-state index contributed by atoms with van der Waals surface area (Å²) in [5.41, 5.74) is 0.953. The summed E-state index contributed by atoms with van der Waals surface area (Å²) in [6.07, 6.45) is 4.77. The number of unbranched alkanes of at least 4 members (excludes halogenated alkanes) is 2. The van der Waals surface area contributed by atoms with Crippen LogP contribution in [0.15, 0.2) is 0 Å². The summed E-state index contributed by atoms with van der Waals surface area (Å²) in [6.45, 7) is 8.45. The van der Waals surface area contributed by atoms with Gasteiger partial charge in [0, 0.05) is 13.1 Å². The molecule has 1 rings (SSSR count). The predicted molar refractivity (Wildman–Crippen MR) is 70.4 cm³/mol. The van der Waals surface area contributed by atoms with E-state index in [1.54, 1.807) is 0 Å². The van der Waals surface area contributed by atoms with Crippen LogP contribution < -0.4 is 4.90 Å². The van der Waals surface area contributed by atoms with E-state index in [0.717, 1.165) is 29.6 Å². The third-order valence-electron chi connectivity index (χ3n) is 2.72. The molecule has 0 aliphatic carbocycles. The monoisotopic (exact) mass is 243 g/mol. The highest BCUT2D eigenvalue weighted by molar-refractivity contribution is 6.33. The molecule has 0 saturated carbocycles. The SMILES string of the molecule is CCCCN(CCCC)c1n[nH]c(C)c1Cl. The molecule has 1 aromatic heterocycles. The number of aromatic nitrogens is 2. The molecule has 92 valence electrons. The molecule has 0 aromatic carbocycles. The normalized spacial score (nSPS) is 10.8. The first-order chi connectivity index (χ1) is 7.70. The number of nitrogens with one attached hydrogen (secondary N) is 1. The zero-order chi connectivity index (χ0) is 12.0. The Kier molecular flexibility index (Phi) is 5.67. The highest BCUT2D eigenvalue weighted by atomic mass is 35.5. The van der Waals surface area contributed by atoms with Gasteiger partial charge in [-0.05, 0) is 19.8 Å². The summed E-state index contributed by atoms with van der Waals surface area (Å²) < 4.78 is 0. The fourth-order valence-corrected chi connectivity index (χ4v) is 1.84. The van der Waals surface area contributed by atoms with Gasteiger partial charge in [0.2, 0.25) is 0 Å². The van der Waals surface area contributed by atoms with Gasteiger partial charge in [-0.15, -0.1) is 0 Å². The Hall–Kier alpha value is -0.700. The molecule has 0 aliphatic rings. The van der Waals surface area contributed by atoms with Crippen LogP contribution in [0.5, 0.6) is 0 Å². The van der Waals surface area contributed by atoms with Gasteiger partial charge in [-0.3, -0.25) is 5.10 Å². The van der Waals surface area contributed by atoms with E-state index in [2.05, 4.69) is 28.9 Å². The van der Waals surface area contributed by atoms with Gasteiger partial charge >= 0.3 is 0 Å². The third-order valence-corrected chi connectivity index (χ3v) is 3.17. The number of nitrogens with zero attached hydrogens (tertiary/aromatic N) is 2. The highest BCUT2D eigenvalue weighted by Crippen LogP contribution is 2.26. The number of hydrogen-bond donors (Lipinski definition) is 1. The molecule has 0 saturated heterocycles. The Balaban J connectivity index is 2.70. The van der Waals surface area contributed by atoms with E-state index in [0.29, 0.717) is 0 Å². The maximum atomic E-state index is 6.23. The van der Waals surface area contributed by atoms with Crippen LogP contribution in [-0.4, -0.2) is 23.3 Å². The first kappa shape index (κ1) is 13.4. The molecule has 0 aliphatic heterocycles. The quantitative estimate of drug-likeness (QED) is 0.791. The Bertz CT molecular complexity index is 301. The van der Waals surface area contributed by atoms with Crippen molar-refractivity contribution in [3.05, 3.63) is 10.7 Å². The molecule has 1 aromatic rings. The van der Waals surface area contributed by atoms with Crippen LogP contribution in [0.25, 0.3) is 0 Å². The van der Waals surface area contributed by atoms with Gasteiger partial charge < -0.3 is 4.90 Å². The molecule has 0 amide bonds. The topological polar surface area (TPSA) is 31.9 Å². The molecule has 1 N–H and O–H groups in total. The van der Waals surface area contributed by atoms with E-state index in [4.69, 9.17) is 11.6 Å². The zero-order valence-corrected chi connectivity index (χ0v) is 11.3. The maximum Gasteiger partial charge on any atom is 0.169 e. The minimum Gasteiger partial charge on any atom is -0.354 e. The van der Waals surface area contributed by atoms with E-state index >= 15 is 0 Å². The van der Waals surface area contributed by atoms with Crippen LogP contribution in [0.4, 0.5) is 5.82 Å². The van der Waals surface area contributed by atoms with Crippen LogP contribution in [0.1, 0.15) is 45.2 Å². The van der Waals surface area contributed by atoms with Crippen molar-refractivity contribution in [2.75, 3.05) is 18.0 Å². The van der Waals surface area contributed by atoms with E-state index in [1.807, 2.05) is 6.92 Å². The van der Waals surface area contributed by atoms with Gasteiger partial charge in [-0.25, -0.2) is 0 Å². The number of H-pyrrole nitrogens is 1. The Labute approximate surface area is 103 Å². The van der Waals surface area contributed by atoms with Crippen LogP contribution in [0.2, 0.25) is 5.02 Å². The van der Waals surface area contributed by atoms with Crippen LogP contribution >= 0.6 is 11.6 Å². The first-order valence-corrected chi connectivity index (χ1v) is 6.53. The summed E-state index contributed by atoms with van der Waals surface area (Å²) in [4.78, 5) is 2.29. The second kappa shape index (κ2) is 6.79. The van der Waals surface area contributed by atoms with Crippen LogP contribution in [0.3, 0.4) is 0 Å². The average Bonchev–Trinajstić information content (AvgIpc) is 2.61. The van der Waals surface area contributed by atoms with Crippen molar-refractivity contribution in [3.63, 3.8) is 0 Å². The van der Waals surface area contributed by atoms with Crippen molar-refractivity contribution in [1.82, 2.24) is 10.2 Å². The van der Waals surface area contributed by atoms with Crippen molar-refractivity contribution < 1.29 is 0 Å². The second-order valence-corrected chi connectivity index (χ2v) is 4.56. The molecule has 0 unspecified atom stereocenters. The summed E-state index contributed by atoms with van der Waals surface area (Å²) in [6, 6.07) is 0. The van der Waals surface area contributed by atoms with E-state index in [1.165, 1.54) is 25.7 Å². The second-order valence-electron chi connectivity index (χ2n) is 4.18. The third kappa shape index (κ3) is 3.41. The lowest BCUT2D eigenvalue weighted by Gasteiger charge is -2.22. The molecule has 4 heteroatoms. The summed E-state index contributed by atoms with van der Waals surface area (Å²) >= 11 is 6.23. The fourth-order valence-electron chi connectivity index (χ4n) is 1.63. The molecule has 1 heterocycles. The van der Waals surface area contributed by atoms with E-state index < -0.39 is 0 Å². The first-order valence-electron chi connectivity index (χ1n) is 6.16. The average molecular weight is 244 g/mol. The predicted octanol–water partition coefficient (Wildman–Crippen LogP) is 3.78. The number of hydrogen-bond acceptors (Lipinski definition) is 2. The van der Waals surface area contributed by atoms with Crippen molar-refractivity contribution >= 4 is 17.4 Å².